The van der Waals surface area contributed by atoms with Crippen molar-refractivity contribution in [2.75, 3.05) is 0 Å². The minimum atomic E-state index is 0.547. The van der Waals surface area contributed by atoms with Crippen LogP contribution in [0.3, 0.4) is 0 Å². The molecule has 1 aromatic carbocycles. The van der Waals surface area contributed by atoms with E-state index >= 15 is 0 Å². The summed E-state index contributed by atoms with van der Waals surface area (Å²) in [6, 6.07) is 10.1. The van der Waals surface area contributed by atoms with Gasteiger partial charge in [-0.25, -0.2) is 0 Å². The van der Waals surface area contributed by atoms with Gasteiger partial charge in [0, 0.05) is 0 Å². The molecule has 0 amide bonds. The van der Waals surface area contributed by atoms with E-state index in [1.807, 2.05) is 36.5 Å². The molecule has 1 heterocycles. The highest BCUT2D eigenvalue weighted by molar-refractivity contribution is 14.1. The topological polar surface area (TPSA) is 27.1 Å². The highest BCUT2D eigenvalue weighted by Crippen LogP contribution is 2.11. The second-order valence-corrected chi connectivity index (χ2v) is 4.59. The zero-order valence-electron chi connectivity index (χ0n) is 9.06. The van der Waals surface area contributed by atoms with E-state index in [0.717, 1.165) is 21.2 Å². The molecule has 4 heteroatoms. The summed E-state index contributed by atoms with van der Waals surface area (Å²) in [5, 5.41) is 4.19. The quantitative estimate of drug-likeness (QED) is 0.807. The van der Waals surface area contributed by atoms with E-state index in [9.17, 15) is 0 Å². The second kappa shape index (κ2) is 5.34. The number of benzene rings is 1. The van der Waals surface area contributed by atoms with Crippen LogP contribution in [0.25, 0.3) is 0 Å². The van der Waals surface area contributed by atoms with E-state index in [0.29, 0.717) is 6.61 Å². The van der Waals surface area contributed by atoms with Gasteiger partial charge in [-0.15, -0.1) is 9.94 Å². The molecular weight excluding hydrogens is 315 g/mol. The smallest absolute Gasteiger partial charge is 0.142 e. The normalized spacial score (nSPS) is 10.4. The minimum absolute atomic E-state index is 0.547. The van der Waals surface area contributed by atoms with Crippen molar-refractivity contribution in [1.82, 2.24) is 9.94 Å². The fraction of sp³-hybridized carbons (Fsp3) is 0.250. The molecule has 16 heavy (non-hydrogen) atoms. The molecule has 2 aromatic rings. The Bertz CT molecular complexity index is 453. The molecule has 3 nitrogen and oxygen atoms in total. The number of aromatic nitrogens is 2. The van der Waals surface area contributed by atoms with Crippen LogP contribution in [0, 0.1) is 3.57 Å². The molecule has 0 saturated carbocycles. The van der Waals surface area contributed by atoms with Crippen LogP contribution >= 0.6 is 22.6 Å². The van der Waals surface area contributed by atoms with Gasteiger partial charge < -0.3 is 4.84 Å². The number of hydrogen-bond acceptors (Lipinski definition) is 2. The van der Waals surface area contributed by atoms with Crippen molar-refractivity contribution < 1.29 is 4.84 Å². The van der Waals surface area contributed by atoms with E-state index < -0.39 is 0 Å². The number of halogens is 1. The summed E-state index contributed by atoms with van der Waals surface area (Å²) in [5.74, 6) is 0. The van der Waals surface area contributed by atoms with Gasteiger partial charge >= 0.3 is 0 Å². The first kappa shape index (κ1) is 11.4. The van der Waals surface area contributed by atoms with Crippen LogP contribution in [0.15, 0.2) is 36.5 Å². The largest absolute Gasteiger partial charge is 0.392 e. The van der Waals surface area contributed by atoms with E-state index in [2.05, 4.69) is 34.6 Å². The summed E-state index contributed by atoms with van der Waals surface area (Å²) in [5.41, 5.74) is 2.27. The van der Waals surface area contributed by atoms with Crippen molar-refractivity contribution in [3.63, 3.8) is 0 Å². The molecule has 0 N–H and O–H groups in total. The maximum atomic E-state index is 5.64. The molecule has 0 atom stereocenters. The molecule has 2 rings (SSSR count). The summed E-state index contributed by atoms with van der Waals surface area (Å²) in [4.78, 5) is 7.26. The molecule has 0 fully saturated rings. The van der Waals surface area contributed by atoms with Crippen LogP contribution in [-0.4, -0.2) is 9.94 Å². The monoisotopic (exact) mass is 328 g/mol. The van der Waals surface area contributed by atoms with Gasteiger partial charge in [0.15, 0.2) is 0 Å². The van der Waals surface area contributed by atoms with E-state index in [1.165, 1.54) is 0 Å². The Balaban J connectivity index is 2.05. The third kappa shape index (κ3) is 2.55. The van der Waals surface area contributed by atoms with Gasteiger partial charge in [-0.05, 0) is 34.6 Å². The van der Waals surface area contributed by atoms with Crippen molar-refractivity contribution in [1.29, 1.82) is 0 Å². The molecule has 0 aliphatic carbocycles. The highest BCUT2D eigenvalue weighted by atomic mass is 127. The van der Waals surface area contributed by atoms with E-state index in [-0.39, 0.29) is 0 Å². The SMILES string of the molecule is CCc1c(I)cnn1OCc1ccccc1. The zero-order valence-corrected chi connectivity index (χ0v) is 11.2. The number of hydrogen-bond donors (Lipinski definition) is 0. The van der Waals surface area contributed by atoms with Crippen molar-refractivity contribution in [3.8, 4) is 0 Å². The standard InChI is InChI=1S/C12H13IN2O/c1-2-12-11(13)8-14-15(12)16-9-10-6-4-3-5-7-10/h3-8H,2,9H2,1H3. The van der Waals surface area contributed by atoms with Crippen LogP contribution in [0.5, 0.6) is 0 Å². The maximum absolute atomic E-state index is 5.64. The van der Waals surface area contributed by atoms with Gasteiger partial charge in [-0.1, -0.05) is 37.3 Å². The lowest BCUT2D eigenvalue weighted by Crippen LogP contribution is -2.15. The molecule has 0 aliphatic rings. The number of rotatable bonds is 4. The van der Waals surface area contributed by atoms with Crippen molar-refractivity contribution in [3.05, 3.63) is 51.4 Å². The average molecular weight is 328 g/mol. The lowest BCUT2D eigenvalue weighted by molar-refractivity contribution is 0.0640. The molecule has 0 spiro atoms. The molecule has 0 saturated heterocycles. The van der Waals surface area contributed by atoms with Gasteiger partial charge in [0.05, 0.1) is 15.5 Å². The third-order valence-electron chi connectivity index (χ3n) is 2.31. The molecular formula is C12H13IN2O. The Hall–Kier alpha value is -1.04. The van der Waals surface area contributed by atoms with Gasteiger partial charge in [0.2, 0.25) is 0 Å². The molecule has 1 aromatic heterocycles. The van der Waals surface area contributed by atoms with Crippen LogP contribution in [-0.2, 0) is 13.0 Å². The first-order valence-corrected chi connectivity index (χ1v) is 6.28. The fourth-order valence-electron chi connectivity index (χ4n) is 1.46. The predicted molar refractivity (Wildman–Crippen MR) is 71.0 cm³/mol. The molecule has 0 unspecified atom stereocenters. The van der Waals surface area contributed by atoms with Crippen LogP contribution in [0.1, 0.15) is 18.2 Å². The summed E-state index contributed by atoms with van der Waals surface area (Å²) in [6.07, 6.45) is 2.75. The second-order valence-electron chi connectivity index (χ2n) is 3.42. The summed E-state index contributed by atoms with van der Waals surface area (Å²) >= 11 is 2.27. The predicted octanol–water partition coefficient (Wildman–Crippen LogP) is 2.68. The fourth-order valence-corrected chi connectivity index (χ4v) is 2.18. The summed E-state index contributed by atoms with van der Waals surface area (Å²) in [7, 11) is 0. The molecule has 84 valence electrons. The Morgan fingerprint density at radius 2 is 2.06 bits per heavy atom. The molecule has 0 bridgehead atoms. The van der Waals surface area contributed by atoms with Crippen molar-refractivity contribution in [2.24, 2.45) is 0 Å². The third-order valence-corrected chi connectivity index (χ3v) is 3.21. The molecule has 0 radical (unpaired) electrons. The van der Waals surface area contributed by atoms with Gasteiger partial charge in [-0.2, -0.15) is 0 Å². The van der Waals surface area contributed by atoms with Crippen LogP contribution in [0.4, 0.5) is 0 Å². The first-order valence-electron chi connectivity index (χ1n) is 5.21. The maximum Gasteiger partial charge on any atom is 0.142 e. The summed E-state index contributed by atoms with van der Waals surface area (Å²) < 4.78 is 1.15. The Morgan fingerprint density at radius 1 is 1.31 bits per heavy atom. The van der Waals surface area contributed by atoms with E-state index in [4.69, 9.17) is 4.84 Å². The van der Waals surface area contributed by atoms with Gasteiger partial charge in [0.1, 0.15) is 6.61 Å². The highest BCUT2D eigenvalue weighted by Gasteiger charge is 2.07. The average Bonchev–Trinajstić information content (AvgIpc) is 2.68. The Labute approximate surface area is 109 Å². The Kier molecular flexibility index (Phi) is 3.82. The lowest BCUT2D eigenvalue weighted by Gasteiger charge is -2.08. The Morgan fingerprint density at radius 3 is 2.75 bits per heavy atom. The zero-order chi connectivity index (χ0) is 11.4. The first-order chi connectivity index (χ1) is 7.81. The van der Waals surface area contributed by atoms with Gasteiger partial charge in [-0.3, -0.25) is 0 Å². The van der Waals surface area contributed by atoms with Crippen LogP contribution < -0.4 is 4.84 Å². The van der Waals surface area contributed by atoms with E-state index in [1.54, 1.807) is 4.85 Å². The molecule has 0 aliphatic heterocycles. The lowest BCUT2D eigenvalue weighted by atomic mass is 10.2. The van der Waals surface area contributed by atoms with Gasteiger partial charge in [0.25, 0.3) is 0 Å². The van der Waals surface area contributed by atoms with Crippen molar-refractivity contribution in [2.45, 2.75) is 20.0 Å². The summed E-state index contributed by atoms with van der Waals surface area (Å²) in [6.45, 7) is 2.65. The van der Waals surface area contributed by atoms with Crippen molar-refractivity contribution >= 4 is 22.6 Å². The minimum Gasteiger partial charge on any atom is -0.392 e. The van der Waals surface area contributed by atoms with Crippen LogP contribution in [0.2, 0.25) is 0 Å². The number of nitrogens with zero attached hydrogens (tertiary/aromatic N) is 2.